The molecule has 0 aromatic heterocycles. The summed E-state index contributed by atoms with van der Waals surface area (Å²) in [5, 5.41) is 0. The molecule has 0 amide bonds. The second-order valence-electron chi connectivity index (χ2n) is 17.4. The van der Waals surface area contributed by atoms with Crippen LogP contribution in [0.25, 0.3) is 0 Å². The number of unbranched alkanes of at least 4 members (excludes halogenated alkanes) is 24. The van der Waals surface area contributed by atoms with Crippen LogP contribution in [0.15, 0.2) is 85.1 Å². The van der Waals surface area contributed by atoms with Crippen LogP contribution in [0.4, 0.5) is 0 Å². The van der Waals surface area contributed by atoms with Gasteiger partial charge in [-0.15, -0.1) is 0 Å². The minimum Gasteiger partial charge on any atom is -0.462 e. The average Bonchev–Trinajstić information content (AvgIpc) is 3.29. The van der Waals surface area contributed by atoms with Gasteiger partial charge < -0.3 is 14.2 Å². The highest BCUT2D eigenvalue weighted by Gasteiger charge is 2.19. The first-order chi connectivity index (χ1) is 31.5. The van der Waals surface area contributed by atoms with E-state index in [9.17, 15) is 14.4 Å². The maximum absolute atomic E-state index is 12.8. The lowest BCUT2D eigenvalue weighted by atomic mass is 10.0. The average molecular weight is 891 g/mol. The lowest BCUT2D eigenvalue weighted by molar-refractivity contribution is -0.167. The fourth-order valence-corrected chi connectivity index (χ4v) is 7.26. The molecular formula is C58H98O6. The molecule has 0 aromatic carbocycles. The van der Waals surface area contributed by atoms with E-state index in [2.05, 4.69) is 106 Å². The molecule has 0 spiro atoms. The molecule has 0 heterocycles. The Labute approximate surface area is 395 Å². The summed E-state index contributed by atoms with van der Waals surface area (Å²) in [4.78, 5) is 38.0. The van der Waals surface area contributed by atoms with Crippen LogP contribution in [0.1, 0.15) is 245 Å². The van der Waals surface area contributed by atoms with E-state index in [1.807, 2.05) is 0 Å². The van der Waals surface area contributed by atoms with Gasteiger partial charge in [-0.2, -0.15) is 0 Å². The van der Waals surface area contributed by atoms with E-state index in [0.29, 0.717) is 19.3 Å². The molecule has 0 N–H and O–H groups in total. The molecular weight excluding hydrogens is 793 g/mol. The summed E-state index contributed by atoms with van der Waals surface area (Å²) in [7, 11) is 0. The van der Waals surface area contributed by atoms with Crippen molar-refractivity contribution in [2.75, 3.05) is 13.2 Å². The summed E-state index contributed by atoms with van der Waals surface area (Å²) in [6.07, 6.45) is 67.1. The van der Waals surface area contributed by atoms with E-state index >= 15 is 0 Å². The molecule has 0 rings (SSSR count). The molecule has 6 heteroatoms. The van der Waals surface area contributed by atoms with Gasteiger partial charge in [0.25, 0.3) is 0 Å². The molecule has 0 bridgehead atoms. The van der Waals surface area contributed by atoms with Crippen molar-refractivity contribution in [2.45, 2.75) is 252 Å². The van der Waals surface area contributed by atoms with Gasteiger partial charge in [0.2, 0.25) is 0 Å². The van der Waals surface area contributed by atoms with Crippen LogP contribution < -0.4 is 0 Å². The molecule has 0 fully saturated rings. The summed E-state index contributed by atoms with van der Waals surface area (Å²) in [5.41, 5.74) is 0. The molecule has 1 unspecified atom stereocenters. The maximum Gasteiger partial charge on any atom is 0.306 e. The van der Waals surface area contributed by atoms with Crippen molar-refractivity contribution in [3.05, 3.63) is 85.1 Å². The second kappa shape index (κ2) is 52.2. The molecule has 0 aliphatic rings. The van der Waals surface area contributed by atoms with E-state index in [4.69, 9.17) is 14.2 Å². The summed E-state index contributed by atoms with van der Waals surface area (Å²) in [6.45, 7) is 6.37. The van der Waals surface area contributed by atoms with Crippen LogP contribution in [-0.4, -0.2) is 37.2 Å². The minimum absolute atomic E-state index is 0.0897. The van der Waals surface area contributed by atoms with E-state index in [0.717, 1.165) is 116 Å². The highest BCUT2D eigenvalue weighted by Crippen LogP contribution is 2.15. The zero-order valence-corrected chi connectivity index (χ0v) is 41.8. The van der Waals surface area contributed by atoms with Gasteiger partial charge in [0.15, 0.2) is 6.10 Å². The Bertz CT molecular complexity index is 1250. The van der Waals surface area contributed by atoms with Gasteiger partial charge in [-0.3, -0.25) is 14.4 Å². The number of carbonyl (C=O) groups excluding carboxylic acids is 3. The predicted molar refractivity (Wildman–Crippen MR) is 274 cm³/mol. The zero-order chi connectivity index (χ0) is 46.5. The van der Waals surface area contributed by atoms with E-state index in [1.54, 1.807) is 0 Å². The molecule has 0 saturated heterocycles. The Morgan fingerprint density at radius 1 is 0.344 bits per heavy atom. The summed E-state index contributed by atoms with van der Waals surface area (Å²) in [6, 6.07) is 0. The maximum atomic E-state index is 12.8. The minimum atomic E-state index is -0.789. The number of allylic oxidation sites excluding steroid dienone is 14. The van der Waals surface area contributed by atoms with Gasteiger partial charge in [0.05, 0.1) is 0 Å². The van der Waals surface area contributed by atoms with E-state index in [-0.39, 0.29) is 31.1 Å². The van der Waals surface area contributed by atoms with Crippen LogP contribution in [0.2, 0.25) is 0 Å². The van der Waals surface area contributed by atoms with Gasteiger partial charge in [-0.05, 0) is 77.0 Å². The Hall–Kier alpha value is -3.41. The molecule has 6 nitrogen and oxygen atoms in total. The third-order valence-corrected chi connectivity index (χ3v) is 11.2. The summed E-state index contributed by atoms with van der Waals surface area (Å²) < 4.78 is 16.8. The van der Waals surface area contributed by atoms with Crippen molar-refractivity contribution in [2.24, 2.45) is 0 Å². The molecule has 0 aromatic rings. The van der Waals surface area contributed by atoms with Crippen molar-refractivity contribution in [1.82, 2.24) is 0 Å². The quantitative estimate of drug-likeness (QED) is 0.0199. The molecule has 1 atom stereocenters. The van der Waals surface area contributed by atoms with Crippen LogP contribution >= 0.6 is 0 Å². The topological polar surface area (TPSA) is 78.9 Å². The van der Waals surface area contributed by atoms with Gasteiger partial charge in [-0.25, -0.2) is 0 Å². The molecule has 366 valence electrons. The first-order valence-corrected chi connectivity index (χ1v) is 26.6. The smallest absolute Gasteiger partial charge is 0.306 e. The normalized spacial score (nSPS) is 12.7. The van der Waals surface area contributed by atoms with Gasteiger partial charge in [0.1, 0.15) is 13.2 Å². The Morgan fingerprint density at radius 3 is 1.12 bits per heavy atom. The van der Waals surface area contributed by atoms with E-state index in [1.165, 1.54) is 89.9 Å². The van der Waals surface area contributed by atoms with Gasteiger partial charge >= 0.3 is 17.9 Å². The third-order valence-electron chi connectivity index (χ3n) is 11.2. The van der Waals surface area contributed by atoms with Crippen LogP contribution in [-0.2, 0) is 28.6 Å². The molecule has 0 aliphatic carbocycles. The fraction of sp³-hybridized carbons (Fsp3) is 0.707. The SMILES string of the molecule is CC\C=C/C=C\C=C/CCCCCCCC(=O)OCC(COC(=O)CCCCCCCC/C=C\C/C=C\C/C=C\C/C=C\CC)OC(=O)CCCCCCCCCCCCCCCC. The third kappa shape index (κ3) is 49.6. The lowest BCUT2D eigenvalue weighted by Gasteiger charge is -2.18. The van der Waals surface area contributed by atoms with Crippen molar-refractivity contribution in [3.63, 3.8) is 0 Å². The number of carbonyl (C=O) groups is 3. The van der Waals surface area contributed by atoms with Crippen molar-refractivity contribution in [3.8, 4) is 0 Å². The van der Waals surface area contributed by atoms with E-state index < -0.39 is 6.10 Å². The number of hydrogen-bond acceptors (Lipinski definition) is 6. The number of rotatable bonds is 47. The molecule has 0 aliphatic heterocycles. The predicted octanol–water partition coefficient (Wildman–Crippen LogP) is 17.6. The van der Waals surface area contributed by atoms with Crippen molar-refractivity contribution < 1.29 is 28.6 Å². The number of ether oxygens (including phenoxy) is 3. The fourth-order valence-electron chi connectivity index (χ4n) is 7.26. The van der Waals surface area contributed by atoms with Gasteiger partial charge in [0, 0.05) is 19.3 Å². The lowest BCUT2D eigenvalue weighted by Crippen LogP contribution is -2.30. The largest absolute Gasteiger partial charge is 0.462 e. The standard InChI is InChI=1S/C58H98O6/c1-4-7-10-13-16-19-22-25-27-28-29-30-31-34-36-39-42-45-48-51-57(60)63-54-55(53-62-56(59)50-47-44-41-38-35-32-24-21-18-15-12-9-6-3)64-58(61)52-49-46-43-40-37-33-26-23-20-17-14-11-8-5-2/h7,9-10,12,15-16,18-19,21,24-25,27,29-30,55H,4-6,8,11,13-14,17,20,22-23,26,28,31-54H2,1-3H3/b10-7-,12-9-,18-15-,19-16-,24-21-,27-25-,30-29-. The second-order valence-corrected chi connectivity index (χ2v) is 17.4. The highest BCUT2D eigenvalue weighted by molar-refractivity contribution is 5.71. The summed E-state index contributed by atoms with van der Waals surface area (Å²) >= 11 is 0. The molecule has 64 heavy (non-hydrogen) atoms. The van der Waals surface area contributed by atoms with Gasteiger partial charge in [-0.1, -0.05) is 234 Å². The zero-order valence-electron chi connectivity index (χ0n) is 41.8. The highest BCUT2D eigenvalue weighted by atomic mass is 16.6. The van der Waals surface area contributed by atoms with Crippen LogP contribution in [0, 0.1) is 0 Å². The molecule has 0 radical (unpaired) electrons. The Morgan fingerprint density at radius 2 is 0.688 bits per heavy atom. The van der Waals surface area contributed by atoms with Crippen LogP contribution in [0.5, 0.6) is 0 Å². The molecule has 0 saturated carbocycles. The first kappa shape index (κ1) is 60.6. The Kier molecular flexibility index (Phi) is 49.4. The first-order valence-electron chi connectivity index (χ1n) is 26.6. The van der Waals surface area contributed by atoms with Crippen molar-refractivity contribution in [1.29, 1.82) is 0 Å². The monoisotopic (exact) mass is 891 g/mol. The number of hydrogen-bond donors (Lipinski definition) is 0. The number of esters is 3. The summed E-state index contributed by atoms with van der Waals surface area (Å²) in [5.74, 6) is -0.920. The Balaban J connectivity index is 4.41. The van der Waals surface area contributed by atoms with Crippen molar-refractivity contribution >= 4 is 17.9 Å². The van der Waals surface area contributed by atoms with Crippen LogP contribution in [0.3, 0.4) is 0 Å².